The van der Waals surface area contributed by atoms with Gasteiger partial charge >= 0.3 is 0 Å². The Morgan fingerprint density at radius 2 is 2.40 bits per heavy atom. The van der Waals surface area contributed by atoms with Crippen LogP contribution >= 0.6 is 0 Å². The Bertz CT molecular complexity index is 151. The second-order valence-corrected chi connectivity index (χ2v) is 2.80. The molecular formula is C8H13NO. The highest BCUT2D eigenvalue weighted by molar-refractivity contribution is 5.66. The van der Waals surface area contributed by atoms with Gasteiger partial charge in [-0.3, -0.25) is 4.79 Å². The number of allylic oxidation sites excluding steroid dienone is 1. The first-order valence-electron chi connectivity index (χ1n) is 3.64. The molecule has 0 aromatic rings. The molecule has 0 atom stereocenters. The molecule has 1 saturated heterocycles. The molecule has 0 aromatic heterocycles. The molecule has 0 radical (unpaired) electrons. The number of carbonyl (C=O) groups is 1. The summed E-state index contributed by atoms with van der Waals surface area (Å²) < 4.78 is 0. The lowest BCUT2D eigenvalue weighted by Crippen LogP contribution is -2.26. The summed E-state index contributed by atoms with van der Waals surface area (Å²) in [5.74, 6) is 0. The standard InChI is InChI=1S/C8H13NO/c1-9-5-2-3-8(7-9)4-6-10/h4,6H,2-3,5,7H2,1H3/b8-4+. The van der Waals surface area contributed by atoms with Gasteiger partial charge in [-0.1, -0.05) is 5.57 Å². The lowest BCUT2D eigenvalue weighted by atomic mass is 10.1. The number of likely N-dealkylation sites (tertiary alicyclic amines) is 1. The first-order chi connectivity index (χ1) is 4.83. The summed E-state index contributed by atoms with van der Waals surface area (Å²) in [5.41, 5.74) is 1.27. The largest absolute Gasteiger partial charge is 0.302 e. The molecule has 0 amide bonds. The van der Waals surface area contributed by atoms with E-state index in [2.05, 4.69) is 11.9 Å². The Kier molecular flexibility index (Phi) is 2.63. The van der Waals surface area contributed by atoms with Crippen molar-refractivity contribution in [2.24, 2.45) is 0 Å². The van der Waals surface area contributed by atoms with Crippen molar-refractivity contribution >= 4 is 6.29 Å². The van der Waals surface area contributed by atoms with Crippen LogP contribution in [0.1, 0.15) is 12.8 Å². The molecule has 0 N–H and O–H groups in total. The summed E-state index contributed by atoms with van der Waals surface area (Å²) in [7, 11) is 2.08. The number of carbonyl (C=O) groups excluding carboxylic acids is 1. The summed E-state index contributed by atoms with van der Waals surface area (Å²) in [5, 5.41) is 0. The van der Waals surface area contributed by atoms with Crippen molar-refractivity contribution in [3.8, 4) is 0 Å². The number of piperidine rings is 1. The van der Waals surface area contributed by atoms with E-state index in [0.29, 0.717) is 0 Å². The highest BCUT2D eigenvalue weighted by atomic mass is 16.1. The molecule has 0 saturated carbocycles. The summed E-state index contributed by atoms with van der Waals surface area (Å²) >= 11 is 0. The van der Waals surface area contributed by atoms with Crippen molar-refractivity contribution in [3.63, 3.8) is 0 Å². The fourth-order valence-corrected chi connectivity index (χ4v) is 1.31. The first-order valence-corrected chi connectivity index (χ1v) is 3.64. The van der Waals surface area contributed by atoms with Crippen LogP contribution in [0.2, 0.25) is 0 Å². The smallest absolute Gasteiger partial charge is 0.142 e. The minimum atomic E-state index is 0.883. The summed E-state index contributed by atoms with van der Waals surface area (Å²) in [6, 6.07) is 0. The average Bonchev–Trinajstić information content (AvgIpc) is 1.88. The molecule has 0 unspecified atom stereocenters. The number of likely N-dealkylation sites (N-methyl/N-ethyl adjacent to an activating group) is 1. The molecule has 2 nitrogen and oxygen atoms in total. The molecule has 1 aliphatic heterocycles. The fourth-order valence-electron chi connectivity index (χ4n) is 1.31. The van der Waals surface area contributed by atoms with E-state index < -0.39 is 0 Å². The molecule has 1 heterocycles. The third kappa shape index (κ3) is 1.95. The zero-order chi connectivity index (χ0) is 7.40. The molecule has 0 bridgehead atoms. The van der Waals surface area contributed by atoms with E-state index in [9.17, 15) is 4.79 Å². The van der Waals surface area contributed by atoms with Gasteiger partial charge in [0.15, 0.2) is 0 Å². The van der Waals surface area contributed by atoms with Gasteiger partial charge in [-0.05, 0) is 32.5 Å². The molecule has 0 aliphatic carbocycles. The van der Waals surface area contributed by atoms with E-state index in [1.807, 2.05) is 0 Å². The minimum absolute atomic E-state index is 0.883. The molecule has 0 spiro atoms. The molecule has 56 valence electrons. The van der Waals surface area contributed by atoms with Crippen LogP contribution in [0.25, 0.3) is 0 Å². The SMILES string of the molecule is CN1CCC/C(=C\C=O)C1. The van der Waals surface area contributed by atoms with Crippen molar-refractivity contribution in [3.05, 3.63) is 11.6 Å². The average molecular weight is 139 g/mol. The van der Waals surface area contributed by atoms with Gasteiger partial charge in [0, 0.05) is 6.54 Å². The van der Waals surface area contributed by atoms with Gasteiger partial charge in [0.1, 0.15) is 6.29 Å². The zero-order valence-electron chi connectivity index (χ0n) is 6.34. The van der Waals surface area contributed by atoms with E-state index in [1.165, 1.54) is 12.0 Å². The Labute approximate surface area is 61.5 Å². The Morgan fingerprint density at radius 1 is 1.60 bits per heavy atom. The molecule has 1 aliphatic rings. The van der Waals surface area contributed by atoms with Crippen LogP contribution in [0, 0.1) is 0 Å². The quantitative estimate of drug-likeness (QED) is 0.396. The van der Waals surface area contributed by atoms with Crippen LogP contribution in [0.15, 0.2) is 11.6 Å². The number of aldehydes is 1. The highest BCUT2D eigenvalue weighted by Crippen LogP contribution is 2.12. The van der Waals surface area contributed by atoms with Gasteiger partial charge in [-0.2, -0.15) is 0 Å². The maximum absolute atomic E-state index is 10.1. The van der Waals surface area contributed by atoms with Crippen molar-refractivity contribution in [2.75, 3.05) is 20.1 Å². The molecule has 1 fully saturated rings. The van der Waals surface area contributed by atoms with Crippen molar-refractivity contribution in [1.82, 2.24) is 4.90 Å². The third-order valence-corrected chi connectivity index (χ3v) is 1.81. The summed E-state index contributed by atoms with van der Waals surface area (Å²) in [6.07, 6.45) is 4.86. The van der Waals surface area contributed by atoms with Gasteiger partial charge in [0.25, 0.3) is 0 Å². The molecule has 1 rings (SSSR count). The molecular weight excluding hydrogens is 126 g/mol. The van der Waals surface area contributed by atoms with Crippen LogP contribution in [0.5, 0.6) is 0 Å². The molecule has 0 aromatic carbocycles. The summed E-state index contributed by atoms with van der Waals surface area (Å²) in [4.78, 5) is 12.3. The van der Waals surface area contributed by atoms with Crippen LogP contribution < -0.4 is 0 Å². The van der Waals surface area contributed by atoms with E-state index in [0.717, 1.165) is 25.8 Å². The van der Waals surface area contributed by atoms with Crippen molar-refractivity contribution < 1.29 is 4.79 Å². The van der Waals surface area contributed by atoms with E-state index >= 15 is 0 Å². The second kappa shape index (κ2) is 3.52. The van der Waals surface area contributed by atoms with Gasteiger partial charge in [0.05, 0.1) is 0 Å². The Balaban J connectivity index is 2.46. The maximum Gasteiger partial charge on any atom is 0.142 e. The maximum atomic E-state index is 10.1. The van der Waals surface area contributed by atoms with Gasteiger partial charge in [0.2, 0.25) is 0 Å². The van der Waals surface area contributed by atoms with Crippen molar-refractivity contribution in [1.29, 1.82) is 0 Å². The van der Waals surface area contributed by atoms with E-state index in [1.54, 1.807) is 6.08 Å². The van der Waals surface area contributed by atoms with E-state index in [4.69, 9.17) is 0 Å². The van der Waals surface area contributed by atoms with Gasteiger partial charge in [-0.25, -0.2) is 0 Å². The topological polar surface area (TPSA) is 20.3 Å². The lowest BCUT2D eigenvalue weighted by Gasteiger charge is -2.23. The lowest BCUT2D eigenvalue weighted by molar-refractivity contribution is -0.104. The van der Waals surface area contributed by atoms with Crippen LogP contribution in [-0.4, -0.2) is 31.3 Å². The number of nitrogens with zero attached hydrogens (tertiary/aromatic N) is 1. The highest BCUT2D eigenvalue weighted by Gasteiger charge is 2.08. The first kappa shape index (κ1) is 7.48. The predicted molar refractivity (Wildman–Crippen MR) is 40.9 cm³/mol. The normalized spacial score (nSPS) is 25.1. The minimum Gasteiger partial charge on any atom is -0.302 e. The Hall–Kier alpha value is -0.630. The second-order valence-electron chi connectivity index (χ2n) is 2.80. The summed E-state index contributed by atoms with van der Waals surface area (Å²) in [6.45, 7) is 2.13. The monoisotopic (exact) mass is 139 g/mol. The third-order valence-electron chi connectivity index (χ3n) is 1.81. The predicted octanol–water partition coefficient (Wildman–Crippen LogP) is 0.837. The van der Waals surface area contributed by atoms with E-state index in [-0.39, 0.29) is 0 Å². The number of rotatable bonds is 1. The fraction of sp³-hybridized carbons (Fsp3) is 0.625. The Morgan fingerprint density at radius 3 is 3.00 bits per heavy atom. The number of hydrogen-bond acceptors (Lipinski definition) is 2. The molecule has 2 heteroatoms. The van der Waals surface area contributed by atoms with Crippen LogP contribution in [0.4, 0.5) is 0 Å². The van der Waals surface area contributed by atoms with Crippen LogP contribution in [0.3, 0.4) is 0 Å². The zero-order valence-corrected chi connectivity index (χ0v) is 6.34. The van der Waals surface area contributed by atoms with Crippen molar-refractivity contribution in [2.45, 2.75) is 12.8 Å². The van der Waals surface area contributed by atoms with Gasteiger partial charge in [-0.15, -0.1) is 0 Å². The molecule has 10 heavy (non-hydrogen) atoms. The van der Waals surface area contributed by atoms with Crippen LogP contribution in [-0.2, 0) is 4.79 Å². The van der Waals surface area contributed by atoms with Gasteiger partial charge < -0.3 is 4.90 Å². The number of hydrogen-bond donors (Lipinski definition) is 0.